The molecule has 1 aromatic heterocycles. The van der Waals surface area contributed by atoms with Crippen molar-refractivity contribution in [3.05, 3.63) is 22.6 Å². The minimum atomic E-state index is -0.000142. The molecule has 1 saturated carbocycles. The van der Waals surface area contributed by atoms with Crippen LogP contribution in [0.2, 0.25) is 0 Å². The van der Waals surface area contributed by atoms with Gasteiger partial charge >= 0.3 is 0 Å². The van der Waals surface area contributed by atoms with Crippen LogP contribution in [0.25, 0.3) is 0 Å². The largest absolute Gasteiger partial charge is 0.381 e. The number of likely N-dealkylation sites (tertiary alicyclic amines) is 1. The van der Waals surface area contributed by atoms with Gasteiger partial charge in [-0.25, -0.2) is 4.68 Å². The maximum Gasteiger partial charge on any atom is 0.268 e. The van der Waals surface area contributed by atoms with Gasteiger partial charge in [-0.3, -0.25) is 4.79 Å². The summed E-state index contributed by atoms with van der Waals surface area (Å²) in [5.74, 6) is 0. The van der Waals surface area contributed by atoms with Crippen LogP contribution < -0.4 is 10.9 Å². The van der Waals surface area contributed by atoms with E-state index in [0.717, 1.165) is 25.3 Å². The standard InChI is InChI=1S/C13H20N4O/c18-13-9-12(15-11-3-4-11)10-14-17(13)8-7-16-5-1-2-6-16/h9-11,15H,1-8H2. The first-order chi connectivity index (χ1) is 8.81. The number of rotatable bonds is 5. The highest BCUT2D eigenvalue weighted by Gasteiger charge is 2.21. The third kappa shape index (κ3) is 2.90. The fourth-order valence-electron chi connectivity index (χ4n) is 2.39. The summed E-state index contributed by atoms with van der Waals surface area (Å²) < 4.78 is 1.57. The van der Waals surface area contributed by atoms with Gasteiger partial charge in [-0.1, -0.05) is 0 Å². The minimum absolute atomic E-state index is 0.000142. The Morgan fingerprint density at radius 3 is 2.72 bits per heavy atom. The maximum absolute atomic E-state index is 11.9. The van der Waals surface area contributed by atoms with E-state index in [4.69, 9.17) is 0 Å². The molecule has 1 aliphatic carbocycles. The molecule has 1 saturated heterocycles. The number of anilines is 1. The van der Waals surface area contributed by atoms with Crippen molar-refractivity contribution < 1.29 is 0 Å². The lowest BCUT2D eigenvalue weighted by atomic mass is 10.4. The molecule has 0 aromatic carbocycles. The Morgan fingerprint density at radius 2 is 2.06 bits per heavy atom. The second-order valence-electron chi connectivity index (χ2n) is 5.27. The summed E-state index contributed by atoms with van der Waals surface area (Å²) in [6.45, 7) is 3.96. The summed E-state index contributed by atoms with van der Waals surface area (Å²) in [4.78, 5) is 14.3. The zero-order chi connectivity index (χ0) is 12.4. The number of nitrogens with zero attached hydrogens (tertiary/aromatic N) is 3. The zero-order valence-electron chi connectivity index (χ0n) is 10.6. The molecule has 5 nitrogen and oxygen atoms in total. The van der Waals surface area contributed by atoms with Crippen LogP contribution in [0.3, 0.4) is 0 Å². The lowest BCUT2D eigenvalue weighted by Crippen LogP contribution is -2.30. The lowest BCUT2D eigenvalue weighted by Gasteiger charge is -2.14. The van der Waals surface area contributed by atoms with Crippen LogP contribution in [-0.2, 0) is 6.54 Å². The van der Waals surface area contributed by atoms with Gasteiger partial charge in [0.1, 0.15) is 0 Å². The molecule has 98 valence electrons. The first-order valence-electron chi connectivity index (χ1n) is 6.87. The Balaban J connectivity index is 1.59. The average Bonchev–Trinajstić information content (AvgIpc) is 3.02. The molecule has 0 atom stereocenters. The Kier molecular flexibility index (Phi) is 3.32. The molecular formula is C13H20N4O. The normalized spacial score (nSPS) is 20.2. The average molecular weight is 248 g/mol. The molecule has 0 unspecified atom stereocenters. The molecule has 2 aliphatic rings. The van der Waals surface area contributed by atoms with E-state index in [2.05, 4.69) is 15.3 Å². The van der Waals surface area contributed by atoms with Gasteiger partial charge in [0.05, 0.1) is 18.4 Å². The molecule has 0 radical (unpaired) electrons. The highest BCUT2D eigenvalue weighted by atomic mass is 16.1. The van der Waals surface area contributed by atoms with Crippen LogP contribution in [0.1, 0.15) is 25.7 Å². The fraction of sp³-hybridized carbons (Fsp3) is 0.692. The van der Waals surface area contributed by atoms with Crippen molar-refractivity contribution in [2.24, 2.45) is 0 Å². The van der Waals surface area contributed by atoms with Crippen molar-refractivity contribution in [3.8, 4) is 0 Å². The summed E-state index contributed by atoms with van der Waals surface area (Å²) in [6.07, 6.45) is 6.75. The lowest BCUT2D eigenvalue weighted by molar-refractivity contribution is 0.312. The van der Waals surface area contributed by atoms with Gasteiger partial charge in [-0.05, 0) is 38.8 Å². The second kappa shape index (κ2) is 5.10. The Bertz CT molecular complexity index is 460. The minimum Gasteiger partial charge on any atom is -0.381 e. The van der Waals surface area contributed by atoms with Gasteiger partial charge in [0, 0.05) is 18.7 Å². The Labute approximate surface area is 107 Å². The van der Waals surface area contributed by atoms with E-state index >= 15 is 0 Å². The van der Waals surface area contributed by atoms with Crippen molar-refractivity contribution in [2.75, 3.05) is 25.0 Å². The highest BCUT2D eigenvalue weighted by molar-refractivity contribution is 5.41. The van der Waals surface area contributed by atoms with E-state index in [-0.39, 0.29) is 5.56 Å². The van der Waals surface area contributed by atoms with Gasteiger partial charge in [0.2, 0.25) is 0 Å². The molecule has 2 heterocycles. The van der Waals surface area contributed by atoms with Crippen molar-refractivity contribution in [1.82, 2.24) is 14.7 Å². The van der Waals surface area contributed by atoms with Crippen LogP contribution in [0, 0.1) is 0 Å². The smallest absolute Gasteiger partial charge is 0.268 e. The van der Waals surface area contributed by atoms with Gasteiger partial charge in [-0.15, -0.1) is 0 Å². The van der Waals surface area contributed by atoms with Crippen molar-refractivity contribution in [2.45, 2.75) is 38.3 Å². The van der Waals surface area contributed by atoms with E-state index < -0.39 is 0 Å². The van der Waals surface area contributed by atoms with Crippen LogP contribution >= 0.6 is 0 Å². The van der Waals surface area contributed by atoms with E-state index in [0.29, 0.717) is 12.6 Å². The third-order valence-corrected chi connectivity index (χ3v) is 3.64. The molecule has 1 N–H and O–H groups in total. The van der Waals surface area contributed by atoms with Crippen molar-refractivity contribution in [3.63, 3.8) is 0 Å². The highest BCUT2D eigenvalue weighted by Crippen LogP contribution is 2.23. The van der Waals surface area contributed by atoms with Gasteiger partial charge in [0.25, 0.3) is 5.56 Å². The monoisotopic (exact) mass is 248 g/mol. The first kappa shape index (κ1) is 11.7. The van der Waals surface area contributed by atoms with Crippen molar-refractivity contribution >= 4 is 5.69 Å². The van der Waals surface area contributed by atoms with Crippen molar-refractivity contribution in [1.29, 1.82) is 0 Å². The molecule has 0 amide bonds. The molecule has 5 heteroatoms. The maximum atomic E-state index is 11.9. The molecule has 18 heavy (non-hydrogen) atoms. The van der Waals surface area contributed by atoms with Crippen LogP contribution in [0.15, 0.2) is 17.1 Å². The SMILES string of the molecule is O=c1cc(NC2CC2)cnn1CCN1CCCC1. The van der Waals surface area contributed by atoms with Gasteiger partial charge in [-0.2, -0.15) is 5.10 Å². The molecule has 0 bridgehead atoms. The predicted octanol–water partition coefficient (Wildman–Crippen LogP) is 0.913. The first-order valence-corrected chi connectivity index (χ1v) is 6.87. The summed E-state index contributed by atoms with van der Waals surface area (Å²) in [7, 11) is 0. The van der Waals surface area contributed by atoms with Gasteiger partial charge in [0.15, 0.2) is 0 Å². The molecule has 1 aromatic rings. The Hall–Kier alpha value is -1.36. The quantitative estimate of drug-likeness (QED) is 0.841. The molecule has 2 fully saturated rings. The van der Waals surface area contributed by atoms with Gasteiger partial charge < -0.3 is 10.2 Å². The molecule has 3 rings (SSSR count). The van der Waals surface area contributed by atoms with Crippen LogP contribution in [0.5, 0.6) is 0 Å². The van der Waals surface area contributed by atoms with E-state index in [1.54, 1.807) is 16.9 Å². The predicted molar refractivity (Wildman–Crippen MR) is 70.8 cm³/mol. The van der Waals surface area contributed by atoms with E-state index in [9.17, 15) is 4.79 Å². The zero-order valence-corrected chi connectivity index (χ0v) is 10.6. The molecule has 1 aliphatic heterocycles. The number of aromatic nitrogens is 2. The number of hydrogen-bond acceptors (Lipinski definition) is 4. The topological polar surface area (TPSA) is 50.2 Å². The van der Waals surface area contributed by atoms with E-state index in [1.165, 1.54) is 25.7 Å². The molecule has 0 spiro atoms. The van der Waals surface area contributed by atoms with Crippen LogP contribution in [-0.4, -0.2) is 40.4 Å². The summed E-state index contributed by atoms with van der Waals surface area (Å²) in [5.41, 5.74) is 0.861. The third-order valence-electron chi connectivity index (χ3n) is 3.64. The second-order valence-corrected chi connectivity index (χ2v) is 5.27. The number of hydrogen-bond donors (Lipinski definition) is 1. The summed E-state index contributed by atoms with van der Waals surface area (Å²) >= 11 is 0. The summed E-state index contributed by atoms with van der Waals surface area (Å²) in [6, 6.07) is 2.22. The van der Waals surface area contributed by atoms with E-state index in [1.807, 2.05) is 0 Å². The number of nitrogens with one attached hydrogen (secondary N) is 1. The summed E-state index contributed by atoms with van der Waals surface area (Å²) in [5, 5.41) is 7.53. The fourth-order valence-corrected chi connectivity index (χ4v) is 2.39. The molecular weight excluding hydrogens is 228 g/mol. The van der Waals surface area contributed by atoms with Crippen LogP contribution in [0.4, 0.5) is 5.69 Å². The Morgan fingerprint density at radius 1 is 1.28 bits per heavy atom.